The number of benzene rings is 3. The summed E-state index contributed by atoms with van der Waals surface area (Å²) in [6.07, 6.45) is 0. The van der Waals surface area contributed by atoms with Crippen molar-refractivity contribution < 1.29 is 9.59 Å². The van der Waals surface area contributed by atoms with E-state index in [1.807, 2.05) is 50.2 Å². The number of rotatable bonds is 3. The molecule has 29 heavy (non-hydrogen) atoms. The van der Waals surface area contributed by atoms with Gasteiger partial charge in [0, 0.05) is 16.6 Å². The number of nitrogens with two attached hydrogens (primary N) is 1. The van der Waals surface area contributed by atoms with E-state index in [0.29, 0.717) is 27.7 Å². The van der Waals surface area contributed by atoms with Crippen LogP contribution >= 0.6 is 0 Å². The molecular formula is C24H21N3O2. The third kappa shape index (κ3) is 3.27. The molecular weight excluding hydrogens is 362 g/mol. The Kier molecular flexibility index (Phi) is 4.64. The number of para-hydroxylation sites is 1. The van der Waals surface area contributed by atoms with Crippen LogP contribution in [-0.2, 0) is 0 Å². The first-order valence-corrected chi connectivity index (χ1v) is 9.34. The normalized spacial score (nSPS) is 10.8. The largest absolute Gasteiger partial charge is 0.384 e. The van der Waals surface area contributed by atoms with E-state index in [1.165, 1.54) is 4.57 Å². The van der Waals surface area contributed by atoms with Crippen LogP contribution < -0.4 is 11.1 Å². The lowest BCUT2D eigenvalue weighted by Crippen LogP contribution is -2.18. The van der Waals surface area contributed by atoms with E-state index in [-0.39, 0.29) is 17.6 Å². The minimum atomic E-state index is -0.346. The molecule has 0 saturated carbocycles. The zero-order valence-electron chi connectivity index (χ0n) is 16.3. The smallest absolute Gasteiger partial charge is 0.263 e. The van der Waals surface area contributed by atoms with Crippen LogP contribution in [0.1, 0.15) is 31.8 Å². The second kappa shape index (κ2) is 7.28. The summed E-state index contributed by atoms with van der Waals surface area (Å²) in [6, 6.07) is 21.8. The van der Waals surface area contributed by atoms with Crippen LogP contribution in [-0.4, -0.2) is 16.4 Å². The van der Waals surface area contributed by atoms with Crippen molar-refractivity contribution >= 4 is 34.2 Å². The van der Waals surface area contributed by atoms with Gasteiger partial charge < -0.3 is 11.1 Å². The van der Waals surface area contributed by atoms with Gasteiger partial charge in [0.2, 0.25) is 0 Å². The molecule has 1 amide bonds. The molecule has 144 valence electrons. The van der Waals surface area contributed by atoms with E-state index in [4.69, 9.17) is 5.73 Å². The van der Waals surface area contributed by atoms with Gasteiger partial charge in [0.15, 0.2) is 0 Å². The first-order chi connectivity index (χ1) is 14.0. The molecule has 3 N–H and O–H groups in total. The molecule has 0 aliphatic heterocycles. The number of fused-ring (bicyclic) bond motifs is 1. The summed E-state index contributed by atoms with van der Waals surface area (Å²) in [5.74, 6) is -0.493. The Morgan fingerprint density at radius 2 is 1.55 bits per heavy atom. The summed E-state index contributed by atoms with van der Waals surface area (Å²) in [5, 5.41) is 3.54. The highest BCUT2D eigenvalue weighted by molar-refractivity contribution is 6.19. The van der Waals surface area contributed by atoms with Gasteiger partial charge in [0.05, 0.1) is 11.1 Å². The molecule has 0 aliphatic rings. The van der Waals surface area contributed by atoms with Crippen LogP contribution in [0.3, 0.4) is 0 Å². The molecule has 0 saturated heterocycles. The Bertz CT molecular complexity index is 1240. The number of carbonyl (C=O) groups is 2. The molecule has 3 aromatic carbocycles. The van der Waals surface area contributed by atoms with Crippen molar-refractivity contribution in [2.45, 2.75) is 13.8 Å². The standard InChI is InChI=1S/C24H21N3O2/c1-15-12-13-18(14-16(15)2)26-23(28)21-19-10-6-7-11-20(19)27(22(21)25)24(29)17-8-4-3-5-9-17/h3-14H,25H2,1-2H3,(H,26,28). The van der Waals surface area contributed by atoms with Crippen molar-refractivity contribution in [3.63, 3.8) is 0 Å². The summed E-state index contributed by atoms with van der Waals surface area (Å²) in [5.41, 5.74) is 10.7. The first kappa shape index (κ1) is 18.5. The van der Waals surface area contributed by atoms with Crippen molar-refractivity contribution in [2.75, 3.05) is 11.1 Å². The second-order valence-corrected chi connectivity index (χ2v) is 7.04. The molecule has 4 aromatic rings. The number of carbonyl (C=O) groups excluding carboxylic acids is 2. The molecule has 0 aliphatic carbocycles. The number of aryl methyl sites for hydroxylation is 2. The number of hydrogen-bond acceptors (Lipinski definition) is 3. The Morgan fingerprint density at radius 1 is 0.862 bits per heavy atom. The molecule has 0 atom stereocenters. The minimum absolute atomic E-state index is 0.126. The van der Waals surface area contributed by atoms with Gasteiger partial charge in [-0.2, -0.15) is 0 Å². The SMILES string of the molecule is Cc1ccc(NC(=O)c2c(N)n(C(=O)c3ccccc3)c3ccccc23)cc1C. The van der Waals surface area contributed by atoms with E-state index in [2.05, 4.69) is 5.32 Å². The highest BCUT2D eigenvalue weighted by Gasteiger charge is 2.24. The van der Waals surface area contributed by atoms with E-state index in [0.717, 1.165) is 11.1 Å². The maximum Gasteiger partial charge on any atom is 0.263 e. The van der Waals surface area contributed by atoms with Gasteiger partial charge in [-0.25, -0.2) is 0 Å². The summed E-state index contributed by atoms with van der Waals surface area (Å²) in [4.78, 5) is 26.2. The van der Waals surface area contributed by atoms with Crippen molar-refractivity contribution in [1.82, 2.24) is 4.57 Å². The van der Waals surface area contributed by atoms with Crippen LogP contribution in [0.15, 0.2) is 72.8 Å². The molecule has 5 heteroatoms. The summed E-state index contributed by atoms with van der Waals surface area (Å²) >= 11 is 0. The predicted molar refractivity (Wildman–Crippen MR) is 116 cm³/mol. The zero-order valence-corrected chi connectivity index (χ0v) is 16.3. The number of nitrogens with zero attached hydrogens (tertiary/aromatic N) is 1. The van der Waals surface area contributed by atoms with Gasteiger partial charge in [-0.3, -0.25) is 14.2 Å². The number of amides is 1. The minimum Gasteiger partial charge on any atom is -0.384 e. The van der Waals surface area contributed by atoms with Gasteiger partial charge in [0.1, 0.15) is 5.82 Å². The lowest BCUT2D eigenvalue weighted by Gasteiger charge is -2.09. The van der Waals surface area contributed by atoms with Crippen LogP contribution in [0, 0.1) is 13.8 Å². The number of anilines is 2. The number of nitrogen functional groups attached to an aromatic ring is 1. The third-order valence-corrected chi connectivity index (χ3v) is 5.13. The molecule has 1 heterocycles. The van der Waals surface area contributed by atoms with Gasteiger partial charge in [-0.05, 0) is 55.3 Å². The third-order valence-electron chi connectivity index (χ3n) is 5.13. The van der Waals surface area contributed by atoms with Crippen LogP contribution in [0.2, 0.25) is 0 Å². The molecule has 0 bridgehead atoms. The highest BCUT2D eigenvalue weighted by atomic mass is 16.2. The fourth-order valence-corrected chi connectivity index (χ4v) is 3.44. The van der Waals surface area contributed by atoms with Crippen LogP contribution in [0.25, 0.3) is 10.9 Å². The molecule has 0 radical (unpaired) electrons. The van der Waals surface area contributed by atoms with Crippen molar-refractivity contribution in [1.29, 1.82) is 0 Å². The average Bonchev–Trinajstić information content (AvgIpc) is 3.02. The Morgan fingerprint density at radius 3 is 2.28 bits per heavy atom. The quantitative estimate of drug-likeness (QED) is 0.534. The maximum atomic E-state index is 13.1. The summed E-state index contributed by atoms with van der Waals surface area (Å²) < 4.78 is 1.40. The Balaban J connectivity index is 1.81. The number of hydrogen-bond donors (Lipinski definition) is 2. The van der Waals surface area contributed by atoms with Gasteiger partial charge in [-0.15, -0.1) is 0 Å². The second-order valence-electron chi connectivity index (χ2n) is 7.04. The fraction of sp³-hybridized carbons (Fsp3) is 0.0833. The van der Waals surface area contributed by atoms with Gasteiger partial charge >= 0.3 is 0 Å². The van der Waals surface area contributed by atoms with Crippen molar-refractivity contribution in [3.05, 3.63) is 95.1 Å². The van der Waals surface area contributed by atoms with Gasteiger partial charge in [-0.1, -0.05) is 42.5 Å². The molecule has 0 spiro atoms. The number of nitrogens with one attached hydrogen (secondary N) is 1. The molecule has 0 unspecified atom stereocenters. The Labute approximate surface area is 168 Å². The molecule has 0 fully saturated rings. The highest BCUT2D eigenvalue weighted by Crippen LogP contribution is 2.30. The number of aromatic nitrogens is 1. The monoisotopic (exact) mass is 383 g/mol. The Hall–Kier alpha value is -3.86. The fourth-order valence-electron chi connectivity index (χ4n) is 3.44. The van der Waals surface area contributed by atoms with E-state index >= 15 is 0 Å². The van der Waals surface area contributed by atoms with Crippen LogP contribution in [0.5, 0.6) is 0 Å². The van der Waals surface area contributed by atoms with Crippen molar-refractivity contribution in [2.24, 2.45) is 0 Å². The van der Waals surface area contributed by atoms with Crippen LogP contribution in [0.4, 0.5) is 11.5 Å². The van der Waals surface area contributed by atoms with Crippen molar-refractivity contribution in [3.8, 4) is 0 Å². The zero-order chi connectivity index (χ0) is 20.5. The summed E-state index contributed by atoms with van der Waals surface area (Å²) in [7, 11) is 0. The maximum absolute atomic E-state index is 13.1. The van der Waals surface area contributed by atoms with Gasteiger partial charge in [0.25, 0.3) is 11.8 Å². The van der Waals surface area contributed by atoms with E-state index < -0.39 is 0 Å². The molecule has 1 aromatic heterocycles. The average molecular weight is 383 g/mol. The lowest BCUT2D eigenvalue weighted by atomic mass is 10.1. The summed E-state index contributed by atoms with van der Waals surface area (Å²) in [6.45, 7) is 4.01. The first-order valence-electron chi connectivity index (χ1n) is 9.34. The molecule has 4 rings (SSSR count). The lowest BCUT2D eigenvalue weighted by molar-refractivity contribution is 0.0967. The van der Waals surface area contributed by atoms with E-state index in [1.54, 1.807) is 36.4 Å². The molecule has 5 nitrogen and oxygen atoms in total. The predicted octanol–water partition coefficient (Wildman–Crippen LogP) is 4.78. The topological polar surface area (TPSA) is 77.1 Å². The van der Waals surface area contributed by atoms with E-state index in [9.17, 15) is 9.59 Å².